The first-order chi connectivity index (χ1) is 5.46. The molecule has 0 spiro atoms. The first kappa shape index (κ1) is 9.54. The molecule has 68 valence electrons. The molecule has 0 aliphatic heterocycles. The Kier molecular flexibility index (Phi) is 2.44. The smallest absolute Gasteiger partial charge is 0.192 e. The lowest BCUT2D eigenvalue weighted by molar-refractivity contribution is 0.590. The SMILES string of the molecule is CC(C)S(=O)(=O)c1sccc1N. The minimum atomic E-state index is -3.17. The van der Waals surface area contributed by atoms with Gasteiger partial charge in [0.2, 0.25) is 0 Å². The molecule has 0 atom stereocenters. The minimum Gasteiger partial charge on any atom is -0.397 e. The van der Waals surface area contributed by atoms with Crippen molar-refractivity contribution in [2.75, 3.05) is 5.73 Å². The van der Waals surface area contributed by atoms with E-state index in [1.54, 1.807) is 25.3 Å². The van der Waals surface area contributed by atoms with Crippen LogP contribution in [-0.2, 0) is 9.84 Å². The predicted molar refractivity (Wildman–Crippen MR) is 51.1 cm³/mol. The Bertz CT molecular complexity index is 365. The van der Waals surface area contributed by atoms with Crippen LogP contribution in [0.5, 0.6) is 0 Å². The third-order valence-corrected chi connectivity index (χ3v) is 5.24. The standard InChI is InChI=1S/C7H11NO2S2/c1-5(2)12(9,10)7-6(8)3-4-11-7/h3-5H,8H2,1-2H3. The van der Waals surface area contributed by atoms with Crippen LogP contribution in [-0.4, -0.2) is 13.7 Å². The molecule has 0 unspecified atom stereocenters. The highest BCUT2D eigenvalue weighted by Gasteiger charge is 2.22. The first-order valence-corrected chi connectivity index (χ1v) is 5.95. The lowest BCUT2D eigenvalue weighted by atomic mass is 10.6. The van der Waals surface area contributed by atoms with Gasteiger partial charge in [-0.2, -0.15) is 0 Å². The molecular weight excluding hydrogens is 194 g/mol. The van der Waals surface area contributed by atoms with Crippen LogP contribution >= 0.6 is 11.3 Å². The summed E-state index contributed by atoms with van der Waals surface area (Å²) in [7, 11) is -3.17. The van der Waals surface area contributed by atoms with Crippen molar-refractivity contribution in [1.29, 1.82) is 0 Å². The van der Waals surface area contributed by atoms with E-state index in [-0.39, 0.29) is 4.21 Å². The van der Waals surface area contributed by atoms with E-state index in [0.717, 1.165) is 0 Å². The Morgan fingerprint density at radius 1 is 1.50 bits per heavy atom. The fourth-order valence-electron chi connectivity index (χ4n) is 0.751. The number of sulfone groups is 1. The van der Waals surface area contributed by atoms with Crippen LogP contribution in [0.3, 0.4) is 0 Å². The summed E-state index contributed by atoms with van der Waals surface area (Å²) in [6, 6.07) is 1.61. The highest BCUT2D eigenvalue weighted by molar-refractivity contribution is 7.94. The molecule has 0 radical (unpaired) electrons. The molecule has 1 heterocycles. The van der Waals surface area contributed by atoms with Crippen molar-refractivity contribution in [3.8, 4) is 0 Å². The van der Waals surface area contributed by atoms with Gasteiger partial charge in [0.05, 0.1) is 10.9 Å². The molecular formula is C7H11NO2S2. The van der Waals surface area contributed by atoms with Gasteiger partial charge >= 0.3 is 0 Å². The molecule has 1 aromatic rings. The maximum atomic E-state index is 11.5. The summed E-state index contributed by atoms with van der Waals surface area (Å²) < 4.78 is 23.4. The summed E-state index contributed by atoms with van der Waals surface area (Å²) in [4.78, 5) is 0. The van der Waals surface area contributed by atoms with Gasteiger partial charge in [-0.1, -0.05) is 0 Å². The first-order valence-electron chi connectivity index (χ1n) is 3.53. The van der Waals surface area contributed by atoms with Crippen LogP contribution < -0.4 is 5.73 Å². The molecule has 1 rings (SSSR count). The van der Waals surface area contributed by atoms with Crippen LogP contribution in [0.1, 0.15) is 13.8 Å². The number of nitrogen functional groups attached to an aromatic ring is 1. The van der Waals surface area contributed by atoms with E-state index in [0.29, 0.717) is 5.69 Å². The largest absolute Gasteiger partial charge is 0.397 e. The van der Waals surface area contributed by atoms with E-state index in [1.165, 1.54) is 11.3 Å². The van der Waals surface area contributed by atoms with Gasteiger partial charge in [-0.3, -0.25) is 0 Å². The molecule has 2 N–H and O–H groups in total. The van der Waals surface area contributed by atoms with E-state index in [4.69, 9.17) is 5.73 Å². The number of thiophene rings is 1. The Hall–Kier alpha value is -0.550. The predicted octanol–water partition coefficient (Wildman–Crippen LogP) is 1.51. The fraction of sp³-hybridized carbons (Fsp3) is 0.429. The number of rotatable bonds is 2. The zero-order valence-corrected chi connectivity index (χ0v) is 8.58. The van der Waals surface area contributed by atoms with Crippen molar-refractivity contribution in [2.45, 2.75) is 23.3 Å². The van der Waals surface area contributed by atoms with Gasteiger partial charge in [0.15, 0.2) is 9.84 Å². The summed E-state index contributed by atoms with van der Waals surface area (Å²) in [6.45, 7) is 3.29. The second-order valence-corrected chi connectivity index (χ2v) is 6.37. The Labute approximate surface area is 76.1 Å². The molecule has 0 amide bonds. The normalized spacial score (nSPS) is 12.2. The number of hydrogen-bond donors (Lipinski definition) is 1. The topological polar surface area (TPSA) is 60.2 Å². The summed E-state index contributed by atoms with van der Waals surface area (Å²) in [5.41, 5.74) is 5.85. The van der Waals surface area contributed by atoms with Gasteiger partial charge in [0.25, 0.3) is 0 Å². The van der Waals surface area contributed by atoms with Crippen LogP contribution in [0.4, 0.5) is 5.69 Å². The maximum Gasteiger partial charge on any atom is 0.192 e. The van der Waals surface area contributed by atoms with Crippen molar-refractivity contribution < 1.29 is 8.42 Å². The summed E-state index contributed by atoms with van der Waals surface area (Å²) >= 11 is 1.17. The summed E-state index contributed by atoms with van der Waals surface area (Å²) in [5.74, 6) is 0. The quantitative estimate of drug-likeness (QED) is 0.796. The van der Waals surface area contributed by atoms with Gasteiger partial charge < -0.3 is 5.73 Å². The Balaban J connectivity index is 3.24. The van der Waals surface area contributed by atoms with Gasteiger partial charge in [-0.05, 0) is 25.3 Å². The number of hydrogen-bond acceptors (Lipinski definition) is 4. The van der Waals surface area contributed by atoms with E-state index in [1.807, 2.05) is 0 Å². The summed E-state index contributed by atoms with van der Waals surface area (Å²) in [6.07, 6.45) is 0. The molecule has 3 nitrogen and oxygen atoms in total. The number of nitrogens with two attached hydrogens (primary N) is 1. The van der Waals surface area contributed by atoms with E-state index in [2.05, 4.69) is 0 Å². The van der Waals surface area contributed by atoms with Crippen LogP contribution in [0.2, 0.25) is 0 Å². The zero-order valence-electron chi connectivity index (χ0n) is 6.94. The Morgan fingerprint density at radius 2 is 2.08 bits per heavy atom. The van der Waals surface area contributed by atoms with Gasteiger partial charge in [0, 0.05) is 0 Å². The molecule has 0 aliphatic rings. The molecule has 5 heteroatoms. The van der Waals surface area contributed by atoms with Gasteiger partial charge in [-0.15, -0.1) is 11.3 Å². The van der Waals surface area contributed by atoms with Crippen molar-refractivity contribution in [3.63, 3.8) is 0 Å². The van der Waals surface area contributed by atoms with Crippen molar-refractivity contribution in [1.82, 2.24) is 0 Å². The molecule has 0 aliphatic carbocycles. The average molecular weight is 205 g/mol. The van der Waals surface area contributed by atoms with E-state index >= 15 is 0 Å². The molecule has 0 bridgehead atoms. The van der Waals surface area contributed by atoms with Crippen molar-refractivity contribution >= 4 is 26.9 Å². The highest BCUT2D eigenvalue weighted by atomic mass is 32.2. The number of anilines is 1. The lowest BCUT2D eigenvalue weighted by Gasteiger charge is -2.05. The molecule has 1 aromatic heterocycles. The molecule has 0 fully saturated rings. The monoisotopic (exact) mass is 205 g/mol. The third-order valence-electron chi connectivity index (χ3n) is 1.54. The molecule has 0 aromatic carbocycles. The summed E-state index contributed by atoms with van der Waals surface area (Å²) in [5, 5.41) is 1.28. The van der Waals surface area contributed by atoms with Crippen LogP contribution in [0.15, 0.2) is 15.7 Å². The lowest BCUT2D eigenvalue weighted by Crippen LogP contribution is -2.13. The van der Waals surface area contributed by atoms with Crippen molar-refractivity contribution in [2.24, 2.45) is 0 Å². The van der Waals surface area contributed by atoms with Crippen LogP contribution in [0, 0.1) is 0 Å². The van der Waals surface area contributed by atoms with Crippen LogP contribution in [0.25, 0.3) is 0 Å². The fourth-order valence-corrected chi connectivity index (χ4v) is 3.40. The van der Waals surface area contributed by atoms with E-state index < -0.39 is 15.1 Å². The second kappa shape index (κ2) is 3.06. The molecule has 0 saturated heterocycles. The second-order valence-electron chi connectivity index (χ2n) is 2.76. The highest BCUT2D eigenvalue weighted by Crippen LogP contribution is 2.27. The molecule has 0 saturated carbocycles. The van der Waals surface area contributed by atoms with Gasteiger partial charge in [0.1, 0.15) is 4.21 Å². The van der Waals surface area contributed by atoms with Gasteiger partial charge in [-0.25, -0.2) is 8.42 Å². The average Bonchev–Trinajstić information content (AvgIpc) is 2.35. The maximum absolute atomic E-state index is 11.5. The Morgan fingerprint density at radius 3 is 2.42 bits per heavy atom. The minimum absolute atomic E-state index is 0.289. The van der Waals surface area contributed by atoms with Crippen molar-refractivity contribution in [3.05, 3.63) is 11.4 Å². The zero-order chi connectivity index (χ0) is 9.35. The third kappa shape index (κ3) is 1.47. The molecule has 12 heavy (non-hydrogen) atoms. The van der Waals surface area contributed by atoms with E-state index in [9.17, 15) is 8.42 Å².